The van der Waals surface area contributed by atoms with Gasteiger partial charge in [-0.05, 0) is 42.8 Å². The lowest BCUT2D eigenvalue weighted by Crippen LogP contribution is -2.24. The van der Waals surface area contributed by atoms with E-state index in [1.54, 1.807) is 6.92 Å². The van der Waals surface area contributed by atoms with Gasteiger partial charge in [-0.3, -0.25) is 0 Å². The summed E-state index contributed by atoms with van der Waals surface area (Å²) in [5, 5.41) is 13.2. The van der Waals surface area contributed by atoms with E-state index >= 15 is 0 Å². The van der Waals surface area contributed by atoms with Gasteiger partial charge in [-0.1, -0.05) is 39.7 Å². The fraction of sp³-hybridized carbons (Fsp3) is 0.294. The molecule has 0 aliphatic rings. The second kappa shape index (κ2) is 8.53. The molecule has 0 bridgehead atoms. The van der Waals surface area contributed by atoms with Gasteiger partial charge in [0.05, 0.1) is 6.10 Å². The molecular formula is C17H19BrClNO2. The molecule has 2 aromatic rings. The Balaban J connectivity index is 2.03. The molecular weight excluding hydrogens is 366 g/mol. The van der Waals surface area contributed by atoms with Crippen LogP contribution in [0.15, 0.2) is 46.9 Å². The molecule has 1 atom stereocenters. The first-order valence-corrected chi connectivity index (χ1v) is 8.26. The van der Waals surface area contributed by atoms with E-state index in [2.05, 4.69) is 21.2 Å². The van der Waals surface area contributed by atoms with Crippen LogP contribution < -0.4 is 10.1 Å². The number of benzene rings is 2. The first-order chi connectivity index (χ1) is 10.5. The highest BCUT2D eigenvalue weighted by Gasteiger charge is 2.06. The van der Waals surface area contributed by atoms with Gasteiger partial charge in [0.25, 0.3) is 0 Å². The maximum atomic E-state index is 9.32. The average molecular weight is 385 g/mol. The number of aliphatic hydroxyl groups excluding tert-OH is 1. The van der Waals surface area contributed by atoms with Crippen LogP contribution in [0.2, 0.25) is 5.02 Å². The van der Waals surface area contributed by atoms with Crippen molar-refractivity contribution in [3.05, 3.63) is 63.1 Å². The summed E-state index contributed by atoms with van der Waals surface area (Å²) >= 11 is 9.45. The molecule has 1 unspecified atom stereocenters. The lowest BCUT2D eigenvalue weighted by Gasteiger charge is -2.14. The summed E-state index contributed by atoms with van der Waals surface area (Å²) in [5.41, 5.74) is 2.07. The highest BCUT2D eigenvalue weighted by molar-refractivity contribution is 9.10. The molecule has 5 heteroatoms. The van der Waals surface area contributed by atoms with E-state index in [1.165, 1.54) is 0 Å². The van der Waals surface area contributed by atoms with Crippen LogP contribution in [0.25, 0.3) is 0 Å². The topological polar surface area (TPSA) is 41.5 Å². The summed E-state index contributed by atoms with van der Waals surface area (Å²) in [5.74, 6) is 0.821. The Kier molecular flexibility index (Phi) is 6.70. The van der Waals surface area contributed by atoms with E-state index in [1.807, 2.05) is 42.5 Å². The minimum absolute atomic E-state index is 0.372. The van der Waals surface area contributed by atoms with Crippen LogP contribution in [0.4, 0.5) is 0 Å². The van der Waals surface area contributed by atoms with Gasteiger partial charge in [-0.2, -0.15) is 0 Å². The summed E-state index contributed by atoms with van der Waals surface area (Å²) in [4.78, 5) is 0. The number of hydrogen-bond donors (Lipinski definition) is 2. The highest BCUT2D eigenvalue weighted by Crippen LogP contribution is 2.24. The lowest BCUT2D eigenvalue weighted by molar-refractivity contribution is 0.190. The van der Waals surface area contributed by atoms with E-state index in [0.29, 0.717) is 24.7 Å². The minimum Gasteiger partial charge on any atom is -0.489 e. The third-order valence-electron chi connectivity index (χ3n) is 3.06. The zero-order valence-electron chi connectivity index (χ0n) is 12.4. The van der Waals surface area contributed by atoms with Crippen molar-refractivity contribution in [2.24, 2.45) is 0 Å². The summed E-state index contributed by atoms with van der Waals surface area (Å²) in [6, 6.07) is 13.5. The molecule has 0 fully saturated rings. The molecule has 0 aliphatic carbocycles. The monoisotopic (exact) mass is 383 g/mol. The summed E-state index contributed by atoms with van der Waals surface area (Å²) in [6.45, 7) is 3.39. The standard InChI is InChI=1S/C17H19BrClNO2/c1-12(21)9-20-10-14-8-15(18)5-6-17(14)22-11-13-3-2-4-16(19)7-13/h2-8,12,20-21H,9-11H2,1H3. The summed E-state index contributed by atoms with van der Waals surface area (Å²) < 4.78 is 6.91. The predicted molar refractivity (Wildman–Crippen MR) is 93.3 cm³/mol. The van der Waals surface area contributed by atoms with Gasteiger partial charge in [0.2, 0.25) is 0 Å². The van der Waals surface area contributed by atoms with E-state index in [0.717, 1.165) is 21.3 Å². The number of aliphatic hydroxyl groups is 1. The van der Waals surface area contributed by atoms with Crippen LogP contribution in [0.5, 0.6) is 5.75 Å². The van der Waals surface area contributed by atoms with Gasteiger partial charge < -0.3 is 15.2 Å². The van der Waals surface area contributed by atoms with Gasteiger partial charge in [0, 0.05) is 28.1 Å². The van der Waals surface area contributed by atoms with Crippen LogP contribution in [0.3, 0.4) is 0 Å². The zero-order chi connectivity index (χ0) is 15.9. The van der Waals surface area contributed by atoms with Crippen molar-refractivity contribution in [3.8, 4) is 5.75 Å². The lowest BCUT2D eigenvalue weighted by atomic mass is 10.2. The van der Waals surface area contributed by atoms with Crippen molar-refractivity contribution in [1.29, 1.82) is 0 Å². The minimum atomic E-state index is -0.372. The number of halogens is 2. The molecule has 0 aromatic heterocycles. The van der Waals surface area contributed by atoms with E-state index in [-0.39, 0.29) is 6.10 Å². The van der Waals surface area contributed by atoms with Crippen LogP contribution >= 0.6 is 27.5 Å². The van der Waals surface area contributed by atoms with E-state index in [4.69, 9.17) is 16.3 Å². The van der Waals surface area contributed by atoms with Crippen molar-refractivity contribution in [2.75, 3.05) is 6.54 Å². The summed E-state index contributed by atoms with van der Waals surface area (Å²) in [6.07, 6.45) is -0.372. The van der Waals surface area contributed by atoms with Crippen molar-refractivity contribution in [2.45, 2.75) is 26.2 Å². The SMILES string of the molecule is CC(O)CNCc1cc(Br)ccc1OCc1cccc(Cl)c1. The van der Waals surface area contributed by atoms with Gasteiger partial charge in [-0.25, -0.2) is 0 Å². The highest BCUT2D eigenvalue weighted by atomic mass is 79.9. The molecule has 0 radical (unpaired) electrons. The van der Waals surface area contributed by atoms with E-state index in [9.17, 15) is 5.11 Å². The van der Waals surface area contributed by atoms with Crippen LogP contribution in [-0.4, -0.2) is 17.8 Å². The Morgan fingerprint density at radius 1 is 1.27 bits per heavy atom. The molecule has 2 N–H and O–H groups in total. The predicted octanol–water partition coefficient (Wildman–Crippen LogP) is 4.15. The second-order valence-electron chi connectivity index (χ2n) is 5.15. The fourth-order valence-electron chi connectivity index (χ4n) is 2.03. The molecule has 22 heavy (non-hydrogen) atoms. The zero-order valence-corrected chi connectivity index (χ0v) is 14.7. The smallest absolute Gasteiger partial charge is 0.124 e. The average Bonchev–Trinajstić information content (AvgIpc) is 2.46. The van der Waals surface area contributed by atoms with Crippen LogP contribution in [0, 0.1) is 0 Å². The van der Waals surface area contributed by atoms with Gasteiger partial charge in [0.1, 0.15) is 12.4 Å². The summed E-state index contributed by atoms with van der Waals surface area (Å²) in [7, 11) is 0. The Bertz CT molecular complexity index is 619. The Hall–Kier alpha value is -1.07. The number of nitrogens with one attached hydrogen (secondary N) is 1. The first-order valence-electron chi connectivity index (χ1n) is 7.09. The normalized spacial score (nSPS) is 12.2. The Morgan fingerprint density at radius 2 is 2.09 bits per heavy atom. The van der Waals surface area contributed by atoms with Crippen LogP contribution in [-0.2, 0) is 13.2 Å². The maximum absolute atomic E-state index is 9.32. The quantitative estimate of drug-likeness (QED) is 0.753. The molecule has 2 rings (SSSR count). The largest absolute Gasteiger partial charge is 0.489 e. The molecule has 0 spiro atoms. The van der Waals surface area contributed by atoms with Gasteiger partial charge in [-0.15, -0.1) is 0 Å². The molecule has 2 aromatic carbocycles. The maximum Gasteiger partial charge on any atom is 0.124 e. The molecule has 0 saturated carbocycles. The van der Waals surface area contributed by atoms with Gasteiger partial charge in [0.15, 0.2) is 0 Å². The third-order valence-corrected chi connectivity index (χ3v) is 3.79. The van der Waals surface area contributed by atoms with Crippen LogP contribution in [0.1, 0.15) is 18.1 Å². The van der Waals surface area contributed by atoms with E-state index < -0.39 is 0 Å². The molecule has 3 nitrogen and oxygen atoms in total. The first kappa shape index (κ1) is 17.3. The number of ether oxygens (including phenoxy) is 1. The van der Waals surface area contributed by atoms with Crippen molar-refractivity contribution < 1.29 is 9.84 Å². The van der Waals surface area contributed by atoms with Gasteiger partial charge >= 0.3 is 0 Å². The van der Waals surface area contributed by atoms with Crippen molar-refractivity contribution in [1.82, 2.24) is 5.32 Å². The second-order valence-corrected chi connectivity index (χ2v) is 6.50. The molecule has 0 saturated heterocycles. The number of hydrogen-bond acceptors (Lipinski definition) is 3. The molecule has 118 valence electrons. The number of rotatable bonds is 7. The molecule has 0 amide bonds. The molecule has 0 aliphatic heterocycles. The van der Waals surface area contributed by atoms with Crippen molar-refractivity contribution in [3.63, 3.8) is 0 Å². The Morgan fingerprint density at radius 3 is 2.82 bits per heavy atom. The fourth-order valence-corrected chi connectivity index (χ4v) is 2.65. The van der Waals surface area contributed by atoms with Crippen molar-refractivity contribution >= 4 is 27.5 Å². The molecule has 0 heterocycles. The Labute approximate surface area is 144 Å². The third kappa shape index (κ3) is 5.61.